The number of H-pyrrole nitrogens is 1. The average Bonchev–Trinajstić information content (AvgIpc) is 3.18. The third kappa shape index (κ3) is 3.46. The number of amides is 2. The molecule has 156 valence electrons. The summed E-state index contributed by atoms with van der Waals surface area (Å²) in [7, 11) is 0. The summed E-state index contributed by atoms with van der Waals surface area (Å²) in [6, 6.07) is 21.9. The Hall–Kier alpha value is -3.60. The van der Waals surface area contributed by atoms with Crippen LogP contribution < -0.4 is 5.32 Å². The Labute approximate surface area is 180 Å². The SMILES string of the molecule is CCc1ccc(NC(=O)N2CCc3c([nH]c4ccccc34)[C@@H]2c2ccccc2F)cc1. The van der Waals surface area contributed by atoms with Crippen LogP contribution in [0.5, 0.6) is 0 Å². The number of urea groups is 1. The first-order valence-electron chi connectivity index (χ1n) is 10.7. The number of aromatic nitrogens is 1. The van der Waals surface area contributed by atoms with E-state index in [1.165, 1.54) is 11.6 Å². The number of hydrogen-bond donors (Lipinski definition) is 2. The van der Waals surface area contributed by atoms with Crippen LogP contribution in [0.2, 0.25) is 0 Å². The van der Waals surface area contributed by atoms with Crippen LogP contribution in [0, 0.1) is 5.82 Å². The molecule has 0 radical (unpaired) electrons. The molecule has 1 aliphatic heterocycles. The molecular formula is C26H24FN3O. The largest absolute Gasteiger partial charge is 0.356 e. The molecule has 0 fully saturated rings. The molecule has 0 saturated heterocycles. The summed E-state index contributed by atoms with van der Waals surface area (Å²) in [5, 5.41) is 4.13. The number of aromatic amines is 1. The predicted octanol–water partition coefficient (Wildman–Crippen LogP) is 6.05. The average molecular weight is 413 g/mol. The minimum atomic E-state index is -0.521. The molecule has 3 aromatic carbocycles. The summed E-state index contributed by atoms with van der Waals surface area (Å²) in [4.78, 5) is 18.5. The van der Waals surface area contributed by atoms with E-state index < -0.39 is 6.04 Å². The van der Waals surface area contributed by atoms with Gasteiger partial charge in [0.1, 0.15) is 11.9 Å². The number of aryl methyl sites for hydroxylation is 1. The molecule has 31 heavy (non-hydrogen) atoms. The molecule has 0 bridgehead atoms. The van der Waals surface area contributed by atoms with Crippen molar-refractivity contribution in [2.45, 2.75) is 25.8 Å². The van der Waals surface area contributed by atoms with Gasteiger partial charge in [-0.2, -0.15) is 0 Å². The van der Waals surface area contributed by atoms with Crippen LogP contribution in [0.1, 0.15) is 35.3 Å². The van der Waals surface area contributed by atoms with Crippen LogP contribution in [0.3, 0.4) is 0 Å². The molecule has 0 saturated carbocycles. The van der Waals surface area contributed by atoms with Crippen molar-refractivity contribution in [1.29, 1.82) is 0 Å². The van der Waals surface area contributed by atoms with Crippen molar-refractivity contribution in [2.75, 3.05) is 11.9 Å². The summed E-state index contributed by atoms with van der Waals surface area (Å²) >= 11 is 0. The molecule has 5 heteroatoms. The molecule has 0 aliphatic carbocycles. The molecule has 2 amide bonds. The standard InChI is InChI=1S/C26H24FN3O/c1-2-17-11-13-18(14-12-17)28-26(31)30-16-15-20-19-7-4-6-10-23(19)29-24(20)25(30)21-8-3-5-9-22(21)27/h3-14,25,29H,2,15-16H2,1H3,(H,28,31)/t25-/m0/s1. The van der Waals surface area contributed by atoms with Gasteiger partial charge in [-0.3, -0.25) is 0 Å². The van der Waals surface area contributed by atoms with Gasteiger partial charge in [-0.1, -0.05) is 55.5 Å². The van der Waals surface area contributed by atoms with E-state index in [1.54, 1.807) is 17.0 Å². The van der Waals surface area contributed by atoms with Gasteiger partial charge in [0.2, 0.25) is 0 Å². The summed E-state index contributed by atoms with van der Waals surface area (Å²) in [5.74, 6) is -0.316. The summed E-state index contributed by atoms with van der Waals surface area (Å²) < 4.78 is 14.9. The second kappa shape index (κ2) is 7.91. The molecule has 2 N–H and O–H groups in total. The van der Waals surface area contributed by atoms with Gasteiger partial charge in [0.05, 0.1) is 0 Å². The Balaban J connectivity index is 1.56. The number of fused-ring (bicyclic) bond motifs is 3. The molecular weight excluding hydrogens is 389 g/mol. The topological polar surface area (TPSA) is 48.1 Å². The van der Waals surface area contributed by atoms with Crippen LogP contribution in [0.25, 0.3) is 10.9 Å². The number of rotatable bonds is 3. The van der Waals surface area contributed by atoms with Crippen molar-refractivity contribution >= 4 is 22.6 Å². The van der Waals surface area contributed by atoms with E-state index in [-0.39, 0.29) is 11.8 Å². The maximum Gasteiger partial charge on any atom is 0.322 e. The maximum absolute atomic E-state index is 14.9. The van der Waals surface area contributed by atoms with Crippen molar-refractivity contribution in [3.8, 4) is 0 Å². The van der Waals surface area contributed by atoms with Gasteiger partial charge in [-0.05, 0) is 48.2 Å². The zero-order valence-electron chi connectivity index (χ0n) is 17.4. The third-order valence-corrected chi connectivity index (χ3v) is 6.11. The Bertz CT molecular complexity index is 1250. The van der Waals surface area contributed by atoms with Gasteiger partial charge in [0, 0.05) is 34.4 Å². The first-order valence-corrected chi connectivity index (χ1v) is 10.7. The van der Waals surface area contributed by atoms with Gasteiger partial charge in [0.25, 0.3) is 0 Å². The van der Waals surface area contributed by atoms with Gasteiger partial charge < -0.3 is 15.2 Å². The van der Waals surface area contributed by atoms with E-state index in [4.69, 9.17) is 0 Å². The lowest BCUT2D eigenvalue weighted by atomic mass is 9.92. The number of nitrogens with one attached hydrogen (secondary N) is 2. The van der Waals surface area contributed by atoms with Crippen molar-refractivity contribution in [1.82, 2.24) is 9.88 Å². The van der Waals surface area contributed by atoms with Gasteiger partial charge in [0.15, 0.2) is 0 Å². The Kier molecular flexibility index (Phi) is 4.94. The van der Waals surface area contributed by atoms with Gasteiger partial charge in [-0.15, -0.1) is 0 Å². The van der Waals surface area contributed by atoms with Crippen molar-refractivity contribution in [3.05, 3.63) is 101 Å². The molecule has 1 aliphatic rings. The van der Waals surface area contributed by atoms with Crippen LogP contribution in [0.15, 0.2) is 72.8 Å². The van der Waals surface area contributed by atoms with Gasteiger partial charge >= 0.3 is 6.03 Å². The zero-order valence-corrected chi connectivity index (χ0v) is 17.4. The fourth-order valence-electron chi connectivity index (χ4n) is 4.50. The molecule has 1 atom stereocenters. The Morgan fingerprint density at radius 1 is 1.06 bits per heavy atom. The molecule has 0 unspecified atom stereocenters. The van der Waals surface area contributed by atoms with E-state index in [1.807, 2.05) is 48.5 Å². The van der Waals surface area contributed by atoms with E-state index in [2.05, 4.69) is 23.3 Å². The van der Waals surface area contributed by atoms with E-state index in [0.29, 0.717) is 18.5 Å². The molecule has 5 rings (SSSR count). The number of hydrogen-bond acceptors (Lipinski definition) is 1. The first kappa shape index (κ1) is 19.4. The monoisotopic (exact) mass is 413 g/mol. The van der Waals surface area contributed by atoms with Crippen LogP contribution in [0.4, 0.5) is 14.9 Å². The highest BCUT2D eigenvalue weighted by Crippen LogP contribution is 2.39. The second-order valence-corrected chi connectivity index (χ2v) is 7.91. The molecule has 2 heterocycles. The summed E-state index contributed by atoms with van der Waals surface area (Å²) in [6.45, 7) is 2.60. The van der Waals surface area contributed by atoms with E-state index >= 15 is 0 Å². The second-order valence-electron chi connectivity index (χ2n) is 7.91. The maximum atomic E-state index is 14.9. The number of carbonyl (C=O) groups excluding carboxylic acids is 1. The van der Waals surface area contributed by atoms with Crippen molar-refractivity contribution in [3.63, 3.8) is 0 Å². The van der Waals surface area contributed by atoms with E-state index in [0.717, 1.165) is 34.3 Å². The van der Waals surface area contributed by atoms with E-state index in [9.17, 15) is 9.18 Å². The highest BCUT2D eigenvalue weighted by Gasteiger charge is 2.35. The lowest BCUT2D eigenvalue weighted by molar-refractivity contribution is 0.192. The van der Waals surface area contributed by atoms with Crippen LogP contribution in [-0.4, -0.2) is 22.5 Å². The normalized spacial score (nSPS) is 15.7. The lowest BCUT2D eigenvalue weighted by Crippen LogP contribution is -2.43. The number of anilines is 1. The summed E-state index contributed by atoms with van der Waals surface area (Å²) in [5.41, 5.74) is 5.48. The number of benzene rings is 3. The Morgan fingerprint density at radius 3 is 2.58 bits per heavy atom. The number of carbonyl (C=O) groups is 1. The van der Waals surface area contributed by atoms with Crippen LogP contribution in [-0.2, 0) is 12.8 Å². The predicted molar refractivity (Wildman–Crippen MR) is 122 cm³/mol. The lowest BCUT2D eigenvalue weighted by Gasteiger charge is -2.36. The smallest absolute Gasteiger partial charge is 0.322 e. The quantitative estimate of drug-likeness (QED) is 0.422. The highest BCUT2D eigenvalue weighted by molar-refractivity contribution is 5.91. The zero-order chi connectivity index (χ0) is 21.4. The summed E-state index contributed by atoms with van der Waals surface area (Å²) in [6.07, 6.45) is 1.66. The fraction of sp³-hybridized carbons (Fsp3) is 0.192. The first-order chi connectivity index (χ1) is 15.2. The number of halogens is 1. The molecule has 4 aromatic rings. The van der Waals surface area contributed by atoms with Crippen molar-refractivity contribution < 1.29 is 9.18 Å². The van der Waals surface area contributed by atoms with Crippen LogP contribution >= 0.6 is 0 Å². The fourth-order valence-corrected chi connectivity index (χ4v) is 4.50. The Morgan fingerprint density at radius 2 is 1.81 bits per heavy atom. The molecule has 0 spiro atoms. The number of para-hydroxylation sites is 1. The minimum absolute atomic E-state index is 0.234. The molecule has 1 aromatic heterocycles. The highest BCUT2D eigenvalue weighted by atomic mass is 19.1. The number of nitrogens with zero attached hydrogens (tertiary/aromatic N) is 1. The molecule has 4 nitrogen and oxygen atoms in total. The minimum Gasteiger partial charge on any atom is -0.356 e. The third-order valence-electron chi connectivity index (χ3n) is 6.11. The van der Waals surface area contributed by atoms with Gasteiger partial charge in [-0.25, -0.2) is 9.18 Å². The van der Waals surface area contributed by atoms with Crippen molar-refractivity contribution in [2.24, 2.45) is 0 Å².